The van der Waals surface area contributed by atoms with Crippen molar-refractivity contribution >= 4 is 35.1 Å². The number of ether oxygens (including phenoxy) is 2. The van der Waals surface area contributed by atoms with Gasteiger partial charge in [0.05, 0.1) is 31.3 Å². The van der Waals surface area contributed by atoms with E-state index in [1.165, 1.54) is 4.90 Å². The van der Waals surface area contributed by atoms with Gasteiger partial charge in [-0.05, 0) is 42.7 Å². The molecule has 6 rings (SSSR count). The molecule has 2 aromatic carbocycles. The second-order valence-electron chi connectivity index (χ2n) is 10.3. The predicted molar refractivity (Wildman–Crippen MR) is 144 cm³/mol. The van der Waals surface area contributed by atoms with Gasteiger partial charge in [-0.2, -0.15) is 0 Å². The summed E-state index contributed by atoms with van der Waals surface area (Å²) in [6, 6.07) is 14.0. The fourth-order valence-electron chi connectivity index (χ4n) is 6.41. The average Bonchev–Trinajstić information content (AvgIpc) is 3.35. The van der Waals surface area contributed by atoms with Gasteiger partial charge in [-0.3, -0.25) is 14.4 Å². The maximum absolute atomic E-state index is 14.5. The molecule has 0 radical (unpaired) electrons. The Bertz CT molecular complexity index is 1330. The smallest absolute Gasteiger partial charge is 0.312 e. The molecule has 2 fully saturated rings. The number of anilines is 1. The van der Waals surface area contributed by atoms with Gasteiger partial charge >= 0.3 is 5.97 Å². The molecule has 9 heteroatoms. The van der Waals surface area contributed by atoms with Crippen LogP contribution in [0.25, 0.3) is 0 Å². The Labute approximate surface area is 231 Å². The lowest BCUT2D eigenvalue weighted by Crippen LogP contribution is -2.56. The Morgan fingerprint density at radius 2 is 1.79 bits per heavy atom. The number of hydrogen-bond acceptors (Lipinski definition) is 6. The number of amides is 2. The first-order chi connectivity index (χ1) is 19.0. The third kappa shape index (κ3) is 4.18. The molecule has 2 saturated heterocycles. The first-order valence-corrected chi connectivity index (χ1v) is 13.6. The maximum Gasteiger partial charge on any atom is 0.312 e. The van der Waals surface area contributed by atoms with Gasteiger partial charge in [0.25, 0.3) is 5.91 Å². The van der Waals surface area contributed by atoms with Gasteiger partial charge in [-0.15, -0.1) is 0 Å². The summed E-state index contributed by atoms with van der Waals surface area (Å²) in [5, 5.41) is 11.1. The van der Waals surface area contributed by atoms with Gasteiger partial charge in [-0.25, -0.2) is 0 Å². The van der Waals surface area contributed by atoms with Crippen molar-refractivity contribution < 1.29 is 29.0 Å². The van der Waals surface area contributed by atoms with Crippen molar-refractivity contribution in [1.29, 1.82) is 0 Å². The molecule has 0 saturated carbocycles. The number of carbonyl (C=O) groups is 3. The van der Waals surface area contributed by atoms with Crippen LogP contribution >= 0.6 is 11.6 Å². The number of rotatable bonds is 4. The van der Waals surface area contributed by atoms with Crippen molar-refractivity contribution in [3.8, 4) is 0 Å². The molecule has 0 bridgehead atoms. The minimum absolute atomic E-state index is 0.238. The highest BCUT2D eigenvalue weighted by Crippen LogP contribution is 2.55. The van der Waals surface area contributed by atoms with Crippen molar-refractivity contribution in [3.05, 3.63) is 89.5 Å². The van der Waals surface area contributed by atoms with E-state index in [2.05, 4.69) is 0 Å². The highest BCUT2D eigenvalue weighted by atomic mass is 35.5. The topological polar surface area (TPSA) is 96.4 Å². The normalized spacial score (nSPS) is 31.8. The summed E-state index contributed by atoms with van der Waals surface area (Å²) < 4.78 is 12.2. The van der Waals surface area contributed by atoms with E-state index in [1.807, 2.05) is 48.6 Å². The summed E-state index contributed by atoms with van der Waals surface area (Å²) in [5.74, 6) is -3.21. The fraction of sp³-hybridized carbons (Fsp3) is 0.367. The van der Waals surface area contributed by atoms with Crippen LogP contribution in [-0.2, 0) is 23.9 Å². The zero-order chi connectivity index (χ0) is 27.1. The molecule has 4 aliphatic heterocycles. The monoisotopic (exact) mass is 548 g/mol. The van der Waals surface area contributed by atoms with Crippen molar-refractivity contribution in [2.24, 2.45) is 11.8 Å². The summed E-state index contributed by atoms with van der Waals surface area (Å²) in [6.45, 7) is 0.0723. The van der Waals surface area contributed by atoms with E-state index in [9.17, 15) is 19.5 Å². The van der Waals surface area contributed by atoms with Crippen molar-refractivity contribution in [2.45, 2.75) is 36.6 Å². The number of carbonyl (C=O) groups excluding carboxylic acids is 3. The predicted octanol–water partition coefficient (Wildman–Crippen LogP) is 3.45. The molecule has 8 nitrogen and oxygen atoms in total. The molecule has 4 aliphatic rings. The standard InChI is InChI=1S/C30H29ClN2O6/c31-20-11-13-21(14-12-20)32-16-7-15-30-25(24-23(39-30)10-5-2-6-17-38-29(24)37)27(35)33(26(30)28(32)36)22(18-34)19-8-3-1-4-9-19/h1,3-5,7-15,22-26,34H,2,6,16-18H2/b10-5-/t22-,23+,24-,25+,26?,30+/m1/s1. The Balaban J connectivity index is 1.51. The molecule has 1 unspecified atom stereocenters. The first kappa shape index (κ1) is 25.8. The van der Waals surface area contributed by atoms with Crippen molar-refractivity contribution in [1.82, 2.24) is 4.90 Å². The van der Waals surface area contributed by atoms with Crippen LogP contribution in [0, 0.1) is 11.8 Å². The highest BCUT2D eigenvalue weighted by Gasteiger charge is 2.72. The Morgan fingerprint density at radius 1 is 1.03 bits per heavy atom. The quantitative estimate of drug-likeness (QED) is 0.464. The van der Waals surface area contributed by atoms with Gasteiger partial charge in [-0.1, -0.05) is 66.2 Å². The first-order valence-electron chi connectivity index (χ1n) is 13.2. The van der Waals surface area contributed by atoms with E-state index < -0.39 is 54.1 Å². The Hall–Kier alpha value is -3.46. The molecule has 2 aromatic rings. The third-order valence-electron chi connectivity index (χ3n) is 8.12. The van der Waals surface area contributed by atoms with Crippen LogP contribution in [0.2, 0.25) is 5.02 Å². The van der Waals surface area contributed by atoms with Crippen molar-refractivity contribution in [3.63, 3.8) is 0 Å². The van der Waals surface area contributed by atoms with E-state index in [1.54, 1.807) is 35.2 Å². The van der Waals surface area contributed by atoms with Crippen LogP contribution in [0.5, 0.6) is 0 Å². The lowest BCUT2D eigenvalue weighted by molar-refractivity contribution is -0.155. The second kappa shape index (κ2) is 10.3. The maximum atomic E-state index is 14.5. The summed E-state index contributed by atoms with van der Waals surface area (Å²) in [6.07, 6.45) is 8.01. The van der Waals surface area contributed by atoms with Gasteiger partial charge in [0.1, 0.15) is 17.6 Å². The lowest BCUT2D eigenvalue weighted by atomic mass is 9.78. The van der Waals surface area contributed by atoms with Crippen LogP contribution in [0.1, 0.15) is 24.4 Å². The summed E-state index contributed by atoms with van der Waals surface area (Å²) in [7, 11) is 0. The lowest BCUT2D eigenvalue weighted by Gasteiger charge is -2.38. The largest absolute Gasteiger partial charge is 0.465 e. The molecule has 2 amide bonds. The molecule has 202 valence electrons. The Morgan fingerprint density at radius 3 is 2.54 bits per heavy atom. The van der Waals surface area contributed by atoms with E-state index in [-0.39, 0.29) is 19.1 Å². The number of esters is 1. The number of allylic oxidation sites excluding steroid dienone is 1. The SMILES string of the molecule is O=C1OCCC/C=C\[C@@H]2O[C@]34C=CCN(c5ccc(Cl)cc5)C(=O)C3N([C@H](CO)c3ccccc3)C(=O)[C@@H]4[C@H]12. The number of nitrogens with zero attached hydrogens (tertiary/aromatic N) is 2. The number of hydrogen-bond donors (Lipinski definition) is 1. The molecular weight excluding hydrogens is 520 g/mol. The summed E-state index contributed by atoms with van der Waals surface area (Å²) in [5.41, 5.74) is -0.131. The highest BCUT2D eigenvalue weighted by molar-refractivity contribution is 6.30. The number of aliphatic hydroxyl groups excluding tert-OH is 1. The van der Waals surface area contributed by atoms with Gasteiger partial charge < -0.3 is 24.4 Å². The fourth-order valence-corrected chi connectivity index (χ4v) is 6.54. The zero-order valence-electron chi connectivity index (χ0n) is 21.2. The number of benzene rings is 2. The number of likely N-dealkylation sites (tertiary alicyclic amines) is 1. The van der Waals surface area contributed by atoms with Crippen LogP contribution in [0.3, 0.4) is 0 Å². The molecular formula is C30H29ClN2O6. The number of aliphatic hydroxyl groups is 1. The van der Waals surface area contributed by atoms with Gasteiger partial charge in [0.15, 0.2) is 0 Å². The Kier molecular flexibility index (Phi) is 6.79. The average molecular weight is 549 g/mol. The molecule has 1 spiro atoms. The summed E-state index contributed by atoms with van der Waals surface area (Å²) in [4.78, 5) is 45.3. The molecule has 4 heterocycles. The van der Waals surface area contributed by atoms with Crippen LogP contribution in [0.15, 0.2) is 78.9 Å². The minimum atomic E-state index is -1.42. The molecule has 0 aliphatic carbocycles. The van der Waals surface area contributed by atoms with E-state index >= 15 is 0 Å². The van der Waals surface area contributed by atoms with Crippen LogP contribution in [-0.4, -0.2) is 65.3 Å². The van der Waals surface area contributed by atoms with Crippen molar-refractivity contribution in [2.75, 3.05) is 24.7 Å². The molecule has 1 N–H and O–H groups in total. The van der Waals surface area contributed by atoms with E-state index in [4.69, 9.17) is 21.1 Å². The second-order valence-corrected chi connectivity index (χ2v) is 10.7. The number of fused-ring (bicyclic) bond motifs is 2. The molecule has 39 heavy (non-hydrogen) atoms. The number of cyclic esters (lactones) is 1. The van der Waals surface area contributed by atoms with E-state index in [0.717, 1.165) is 0 Å². The number of halogens is 1. The van der Waals surface area contributed by atoms with Gasteiger partial charge in [0.2, 0.25) is 5.91 Å². The summed E-state index contributed by atoms with van der Waals surface area (Å²) >= 11 is 6.10. The zero-order valence-corrected chi connectivity index (χ0v) is 21.9. The third-order valence-corrected chi connectivity index (χ3v) is 8.37. The van der Waals surface area contributed by atoms with Crippen LogP contribution in [0.4, 0.5) is 5.69 Å². The van der Waals surface area contributed by atoms with E-state index in [0.29, 0.717) is 29.1 Å². The molecule has 0 aromatic heterocycles. The minimum Gasteiger partial charge on any atom is -0.465 e. The molecule has 6 atom stereocenters. The van der Waals surface area contributed by atoms with Crippen LogP contribution < -0.4 is 4.90 Å². The van der Waals surface area contributed by atoms with Gasteiger partial charge in [0, 0.05) is 17.3 Å².